The van der Waals surface area contributed by atoms with E-state index in [4.69, 9.17) is 4.74 Å². The molecule has 2 heterocycles. The molecule has 0 bridgehead atoms. The average Bonchev–Trinajstić information content (AvgIpc) is 3.15. The predicted molar refractivity (Wildman–Crippen MR) is 105 cm³/mol. The number of hydrogen-bond donors (Lipinski definition) is 0. The summed E-state index contributed by atoms with van der Waals surface area (Å²) >= 11 is 1.51. The van der Waals surface area contributed by atoms with Gasteiger partial charge in [-0.25, -0.2) is 4.79 Å². The first-order chi connectivity index (χ1) is 12.5. The van der Waals surface area contributed by atoms with Crippen molar-refractivity contribution in [1.29, 1.82) is 0 Å². The van der Waals surface area contributed by atoms with Gasteiger partial charge in [0.1, 0.15) is 0 Å². The highest BCUT2D eigenvalue weighted by Gasteiger charge is 2.37. The molecular weight excluding hydrogens is 348 g/mol. The van der Waals surface area contributed by atoms with Crippen molar-refractivity contribution in [1.82, 2.24) is 0 Å². The summed E-state index contributed by atoms with van der Waals surface area (Å²) < 4.78 is 5.29. The average molecular weight is 372 g/mol. The van der Waals surface area contributed by atoms with Crippen molar-refractivity contribution >= 4 is 34.7 Å². The zero-order valence-corrected chi connectivity index (χ0v) is 16.4. The van der Waals surface area contributed by atoms with Gasteiger partial charge in [0.05, 0.1) is 29.6 Å². The fraction of sp³-hybridized carbons (Fsp3) is 0.400. The van der Waals surface area contributed by atoms with Crippen molar-refractivity contribution in [3.63, 3.8) is 0 Å². The minimum atomic E-state index is -0.355. The molecule has 1 aromatic heterocycles. The Morgan fingerprint density at radius 2 is 1.88 bits per heavy atom. The van der Waals surface area contributed by atoms with Crippen LogP contribution in [0.2, 0.25) is 0 Å². The molecule has 6 heteroatoms. The first-order valence-electron chi connectivity index (χ1n) is 8.89. The predicted octanol–water partition coefficient (Wildman–Crippen LogP) is 4.77. The van der Waals surface area contributed by atoms with Gasteiger partial charge in [0, 0.05) is 11.9 Å². The maximum Gasteiger partial charge on any atom is 0.414 e. The Kier molecular flexibility index (Phi) is 5.32. The summed E-state index contributed by atoms with van der Waals surface area (Å²) in [5, 5.41) is 3.77. The van der Waals surface area contributed by atoms with Gasteiger partial charge in [0.25, 0.3) is 5.91 Å². The Hall–Kier alpha value is -2.34. The molecule has 2 amide bonds. The lowest BCUT2D eigenvalue weighted by atomic mass is 10.00. The number of ether oxygens (including phenoxy) is 1. The largest absolute Gasteiger partial charge is 0.449 e. The number of fused-ring (bicyclic) bond motifs is 1. The Balaban J connectivity index is 2.12. The fourth-order valence-corrected chi connectivity index (χ4v) is 3.90. The number of nitrogens with zero attached hydrogens (tertiary/aromatic N) is 2. The van der Waals surface area contributed by atoms with Crippen LogP contribution in [0.15, 0.2) is 29.0 Å². The summed E-state index contributed by atoms with van der Waals surface area (Å²) in [5.41, 5.74) is 4.36. The molecule has 1 atom stereocenters. The number of anilines is 2. The molecular formula is C20H24N2O3S. The van der Waals surface area contributed by atoms with Crippen LogP contribution >= 0.6 is 11.3 Å². The van der Waals surface area contributed by atoms with Crippen molar-refractivity contribution in [2.24, 2.45) is 0 Å². The molecule has 2 aromatic rings. The number of benzene rings is 1. The molecule has 0 fully saturated rings. The van der Waals surface area contributed by atoms with Gasteiger partial charge in [-0.1, -0.05) is 6.92 Å². The molecule has 0 saturated carbocycles. The van der Waals surface area contributed by atoms with E-state index in [0.29, 0.717) is 18.7 Å². The van der Waals surface area contributed by atoms with Gasteiger partial charge in [-0.05, 0) is 61.9 Å². The van der Waals surface area contributed by atoms with Crippen LogP contribution in [0.3, 0.4) is 0 Å². The Labute approximate surface area is 158 Å². The van der Waals surface area contributed by atoms with Crippen LogP contribution < -0.4 is 9.80 Å². The summed E-state index contributed by atoms with van der Waals surface area (Å²) in [6.45, 7) is 8.64. The minimum absolute atomic E-state index is 0.0299. The third-order valence-electron chi connectivity index (χ3n) is 4.85. The second-order valence-electron chi connectivity index (χ2n) is 6.48. The van der Waals surface area contributed by atoms with E-state index in [2.05, 4.69) is 0 Å². The molecule has 3 rings (SSSR count). The highest BCUT2D eigenvalue weighted by molar-refractivity contribution is 7.08. The monoisotopic (exact) mass is 372 g/mol. The third kappa shape index (κ3) is 3.21. The van der Waals surface area contributed by atoms with Crippen molar-refractivity contribution in [2.75, 3.05) is 23.0 Å². The highest BCUT2D eigenvalue weighted by Crippen LogP contribution is 2.39. The Morgan fingerprint density at radius 1 is 1.19 bits per heavy atom. The second-order valence-corrected chi connectivity index (χ2v) is 7.26. The molecule has 26 heavy (non-hydrogen) atoms. The van der Waals surface area contributed by atoms with Crippen molar-refractivity contribution < 1.29 is 14.3 Å². The lowest BCUT2D eigenvalue weighted by Crippen LogP contribution is -2.53. The van der Waals surface area contributed by atoms with Crippen LogP contribution in [0, 0.1) is 13.8 Å². The van der Waals surface area contributed by atoms with Gasteiger partial charge in [0.15, 0.2) is 0 Å². The van der Waals surface area contributed by atoms with E-state index >= 15 is 0 Å². The van der Waals surface area contributed by atoms with Crippen molar-refractivity contribution in [3.05, 3.63) is 45.6 Å². The summed E-state index contributed by atoms with van der Waals surface area (Å²) in [4.78, 5) is 29.2. The molecule has 0 N–H and O–H groups in total. The number of aryl methyl sites for hydroxylation is 2. The van der Waals surface area contributed by atoms with Gasteiger partial charge in [-0.3, -0.25) is 9.69 Å². The fourth-order valence-electron chi connectivity index (χ4n) is 3.27. The molecule has 5 nitrogen and oxygen atoms in total. The van der Waals surface area contributed by atoms with E-state index in [9.17, 15) is 9.59 Å². The smallest absolute Gasteiger partial charge is 0.414 e. The number of carbonyl (C=O) groups excluding carboxylic acids is 2. The molecule has 138 valence electrons. The maximum atomic E-state index is 13.1. The molecule has 1 aliphatic rings. The van der Waals surface area contributed by atoms with E-state index in [1.54, 1.807) is 16.7 Å². The van der Waals surface area contributed by atoms with Crippen LogP contribution in [0.25, 0.3) is 0 Å². The number of rotatable bonds is 3. The number of thiophene rings is 1. The minimum Gasteiger partial charge on any atom is -0.449 e. The van der Waals surface area contributed by atoms with E-state index < -0.39 is 0 Å². The number of carbonyl (C=O) groups is 2. The van der Waals surface area contributed by atoms with E-state index in [-0.39, 0.29) is 18.0 Å². The quantitative estimate of drug-likeness (QED) is 0.780. The molecule has 1 unspecified atom stereocenters. The normalized spacial score (nSPS) is 16.4. The summed E-state index contributed by atoms with van der Waals surface area (Å²) in [5.74, 6) is -0.0299. The molecule has 0 saturated heterocycles. The summed E-state index contributed by atoms with van der Waals surface area (Å²) in [7, 11) is 0. The van der Waals surface area contributed by atoms with Crippen LogP contribution in [0.5, 0.6) is 0 Å². The number of amides is 2. The van der Waals surface area contributed by atoms with Crippen LogP contribution in [0.4, 0.5) is 16.2 Å². The first kappa shape index (κ1) is 18.5. The Morgan fingerprint density at radius 3 is 2.46 bits per heavy atom. The first-order valence-corrected chi connectivity index (χ1v) is 9.83. The topological polar surface area (TPSA) is 49.9 Å². The molecule has 1 aliphatic heterocycles. The zero-order chi connectivity index (χ0) is 18.8. The lowest BCUT2D eigenvalue weighted by molar-refractivity contribution is 0.0982. The van der Waals surface area contributed by atoms with Gasteiger partial charge < -0.3 is 9.64 Å². The zero-order valence-electron chi connectivity index (χ0n) is 15.6. The van der Waals surface area contributed by atoms with Crippen molar-refractivity contribution in [3.8, 4) is 0 Å². The van der Waals surface area contributed by atoms with Gasteiger partial charge in [-0.2, -0.15) is 11.3 Å². The van der Waals surface area contributed by atoms with Crippen LogP contribution in [-0.2, 0) is 4.74 Å². The van der Waals surface area contributed by atoms with Gasteiger partial charge in [0.2, 0.25) is 0 Å². The maximum absolute atomic E-state index is 13.1. The third-order valence-corrected chi connectivity index (χ3v) is 5.53. The molecule has 0 aliphatic carbocycles. The van der Waals surface area contributed by atoms with E-state index in [1.165, 1.54) is 11.3 Å². The summed E-state index contributed by atoms with van der Waals surface area (Å²) in [6, 6.07) is 5.70. The molecule has 0 radical (unpaired) electrons. The Bertz CT molecular complexity index is 817. The SMILES string of the molecule is CCOC(=O)N1c2cc(C)c(C)cc2N(C(=O)c2ccsc2)CC1CC. The van der Waals surface area contributed by atoms with Crippen LogP contribution in [0.1, 0.15) is 41.8 Å². The standard InChI is InChI=1S/C20H24N2O3S/c1-5-16-11-21(19(23)15-7-8-26-12-15)17-9-13(3)14(4)10-18(17)22(16)20(24)25-6-2/h7-10,12,16H,5-6,11H2,1-4H3. The lowest BCUT2D eigenvalue weighted by Gasteiger charge is -2.42. The second kappa shape index (κ2) is 7.50. The highest BCUT2D eigenvalue weighted by atomic mass is 32.1. The van der Waals surface area contributed by atoms with E-state index in [1.807, 2.05) is 49.7 Å². The van der Waals surface area contributed by atoms with Gasteiger partial charge in [-0.15, -0.1) is 0 Å². The van der Waals surface area contributed by atoms with Crippen molar-refractivity contribution in [2.45, 2.75) is 40.2 Å². The summed E-state index contributed by atoms with van der Waals surface area (Å²) in [6.07, 6.45) is 0.380. The van der Waals surface area contributed by atoms with Gasteiger partial charge >= 0.3 is 6.09 Å². The molecule has 1 aromatic carbocycles. The van der Waals surface area contributed by atoms with E-state index in [0.717, 1.165) is 28.9 Å². The number of hydrogen-bond acceptors (Lipinski definition) is 4. The van der Waals surface area contributed by atoms with Crippen LogP contribution in [-0.4, -0.2) is 31.2 Å². The molecule has 0 spiro atoms.